The standard InChI is InChI=1S/C12H22O4.2K/c1-12(2,3)8-6-4-5-7-9(10(13)14)11(15)16;;/h9H,4-8H2,1-3H3,(H,13,14)(H,15,16);;/q;2*+1/p-2. The molecule has 0 aromatic carbocycles. The van der Waals surface area contributed by atoms with Gasteiger partial charge in [0.25, 0.3) is 0 Å². The Hall–Kier alpha value is 2.21. The minimum absolute atomic E-state index is 0. The maximum atomic E-state index is 10.4. The predicted molar refractivity (Wildman–Crippen MR) is 56.0 cm³/mol. The third-order valence-corrected chi connectivity index (χ3v) is 2.49. The minimum atomic E-state index is -1.55. The molecule has 0 atom stereocenters. The van der Waals surface area contributed by atoms with Crippen LogP contribution in [0.25, 0.3) is 0 Å². The number of carbonyl (C=O) groups is 2. The van der Waals surface area contributed by atoms with E-state index in [0.29, 0.717) is 6.42 Å². The molecule has 18 heavy (non-hydrogen) atoms. The Kier molecular flexibility index (Phi) is 18.1. The van der Waals surface area contributed by atoms with Crippen LogP contribution in [0.5, 0.6) is 0 Å². The second-order valence-electron chi connectivity index (χ2n) is 5.35. The zero-order chi connectivity index (χ0) is 12.8. The van der Waals surface area contributed by atoms with Gasteiger partial charge in [-0.05, 0) is 18.3 Å². The topological polar surface area (TPSA) is 80.3 Å². The second-order valence-corrected chi connectivity index (χ2v) is 5.35. The number of carboxylic acids is 2. The van der Waals surface area contributed by atoms with E-state index in [1.54, 1.807) is 0 Å². The summed E-state index contributed by atoms with van der Waals surface area (Å²) in [6, 6.07) is 0. The molecular weight excluding hydrogens is 286 g/mol. The fourth-order valence-electron chi connectivity index (χ4n) is 1.51. The van der Waals surface area contributed by atoms with Gasteiger partial charge in [0.15, 0.2) is 0 Å². The molecule has 0 aliphatic carbocycles. The fourth-order valence-corrected chi connectivity index (χ4v) is 1.51. The minimum Gasteiger partial charge on any atom is -0.549 e. The molecule has 0 aromatic rings. The molecule has 6 heteroatoms. The van der Waals surface area contributed by atoms with Gasteiger partial charge in [-0.15, -0.1) is 0 Å². The molecule has 0 spiro atoms. The number of carboxylic acid groups (broad SMARTS) is 2. The average molecular weight is 306 g/mol. The second kappa shape index (κ2) is 12.9. The quantitative estimate of drug-likeness (QED) is 0.266. The van der Waals surface area contributed by atoms with Crippen molar-refractivity contribution >= 4 is 11.9 Å². The van der Waals surface area contributed by atoms with Crippen LogP contribution in [0.15, 0.2) is 0 Å². The number of carbonyl (C=O) groups excluding carboxylic acids is 2. The van der Waals surface area contributed by atoms with Crippen molar-refractivity contribution in [1.29, 1.82) is 0 Å². The van der Waals surface area contributed by atoms with Crippen molar-refractivity contribution in [2.75, 3.05) is 0 Å². The van der Waals surface area contributed by atoms with Gasteiger partial charge < -0.3 is 19.8 Å². The molecule has 0 rings (SSSR count). The molecule has 0 radical (unpaired) electrons. The number of hydrogen-bond donors (Lipinski definition) is 0. The Morgan fingerprint density at radius 2 is 1.39 bits per heavy atom. The van der Waals surface area contributed by atoms with Crippen LogP contribution in [0.3, 0.4) is 0 Å². The van der Waals surface area contributed by atoms with Crippen molar-refractivity contribution in [3.05, 3.63) is 0 Å². The van der Waals surface area contributed by atoms with Crippen molar-refractivity contribution in [2.45, 2.75) is 52.9 Å². The summed E-state index contributed by atoms with van der Waals surface area (Å²) in [5.74, 6) is -4.55. The maximum absolute atomic E-state index is 10.4. The van der Waals surface area contributed by atoms with E-state index >= 15 is 0 Å². The van der Waals surface area contributed by atoms with E-state index in [0.717, 1.165) is 19.3 Å². The molecule has 4 nitrogen and oxygen atoms in total. The summed E-state index contributed by atoms with van der Waals surface area (Å²) >= 11 is 0. The van der Waals surface area contributed by atoms with E-state index in [1.807, 2.05) is 0 Å². The third kappa shape index (κ3) is 14.6. The van der Waals surface area contributed by atoms with Crippen LogP contribution in [-0.4, -0.2) is 11.9 Å². The Balaban J connectivity index is -0.00000112. The van der Waals surface area contributed by atoms with Crippen LogP contribution in [-0.2, 0) is 9.59 Å². The van der Waals surface area contributed by atoms with Gasteiger partial charge in [0, 0.05) is 5.92 Å². The van der Waals surface area contributed by atoms with Crippen LogP contribution >= 0.6 is 0 Å². The van der Waals surface area contributed by atoms with E-state index in [-0.39, 0.29) is 115 Å². The first-order valence-corrected chi connectivity index (χ1v) is 5.66. The summed E-state index contributed by atoms with van der Waals surface area (Å²) in [5, 5.41) is 20.9. The Morgan fingerprint density at radius 3 is 1.72 bits per heavy atom. The van der Waals surface area contributed by atoms with Crippen LogP contribution in [0.4, 0.5) is 0 Å². The van der Waals surface area contributed by atoms with Crippen LogP contribution in [0, 0.1) is 11.3 Å². The molecule has 0 unspecified atom stereocenters. The Labute approximate surface area is 195 Å². The SMILES string of the molecule is CC(C)(C)CCCCCC(C(=O)[O-])C(=O)[O-].[K+].[K+]. The van der Waals surface area contributed by atoms with E-state index in [4.69, 9.17) is 0 Å². The maximum Gasteiger partial charge on any atom is 1.00 e. The predicted octanol–water partition coefficient (Wildman–Crippen LogP) is -5.89. The van der Waals surface area contributed by atoms with Crippen LogP contribution < -0.4 is 113 Å². The monoisotopic (exact) mass is 306 g/mol. The van der Waals surface area contributed by atoms with Gasteiger partial charge in [-0.2, -0.15) is 0 Å². The summed E-state index contributed by atoms with van der Waals surface area (Å²) in [6.07, 6.45) is 3.57. The van der Waals surface area contributed by atoms with E-state index in [2.05, 4.69) is 20.8 Å². The molecule has 94 valence electrons. The van der Waals surface area contributed by atoms with Gasteiger partial charge in [0.1, 0.15) is 0 Å². The smallest absolute Gasteiger partial charge is 0.549 e. The summed E-state index contributed by atoms with van der Waals surface area (Å²) in [4.78, 5) is 20.9. The molecule has 0 N–H and O–H groups in total. The first-order chi connectivity index (χ1) is 7.24. The van der Waals surface area contributed by atoms with Crippen LogP contribution in [0.1, 0.15) is 52.9 Å². The molecule has 0 amide bonds. The number of hydrogen-bond acceptors (Lipinski definition) is 4. The fraction of sp³-hybridized carbons (Fsp3) is 0.833. The third-order valence-electron chi connectivity index (χ3n) is 2.49. The summed E-state index contributed by atoms with van der Waals surface area (Å²) < 4.78 is 0. The first kappa shape index (κ1) is 25.2. The number of unbranched alkanes of at least 4 members (excludes halogenated alkanes) is 2. The van der Waals surface area contributed by atoms with Gasteiger partial charge in [-0.3, -0.25) is 0 Å². The summed E-state index contributed by atoms with van der Waals surface area (Å²) in [5.41, 5.74) is 0.266. The zero-order valence-corrected chi connectivity index (χ0v) is 18.5. The van der Waals surface area contributed by atoms with Gasteiger partial charge in [-0.25, -0.2) is 0 Å². The normalized spacial score (nSPS) is 10.4. The van der Waals surface area contributed by atoms with Crippen LogP contribution in [0.2, 0.25) is 0 Å². The van der Waals surface area contributed by atoms with Gasteiger partial charge in [0.05, 0.1) is 11.9 Å². The molecule has 0 saturated heterocycles. The van der Waals surface area contributed by atoms with Gasteiger partial charge in [-0.1, -0.05) is 40.0 Å². The van der Waals surface area contributed by atoms with Crippen molar-refractivity contribution in [1.82, 2.24) is 0 Å². The van der Waals surface area contributed by atoms with Gasteiger partial charge in [0.2, 0.25) is 0 Å². The number of rotatable bonds is 7. The average Bonchev–Trinajstić information content (AvgIpc) is 2.07. The van der Waals surface area contributed by atoms with Crippen molar-refractivity contribution in [3.63, 3.8) is 0 Å². The molecule has 0 bridgehead atoms. The van der Waals surface area contributed by atoms with Crippen molar-refractivity contribution in [3.8, 4) is 0 Å². The zero-order valence-electron chi connectivity index (χ0n) is 12.2. The molecule has 0 saturated carbocycles. The summed E-state index contributed by atoms with van der Waals surface area (Å²) in [6.45, 7) is 6.41. The molecule has 0 aliphatic rings. The largest absolute Gasteiger partial charge is 1.00 e. The Bertz CT molecular complexity index is 235. The molecule has 0 fully saturated rings. The van der Waals surface area contributed by atoms with E-state index in [1.165, 1.54) is 0 Å². The number of aliphatic carboxylic acids is 2. The van der Waals surface area contributed by atoms with Crippen molar-refractivity contribution < 1.29 is 123 Å². The van der Waals surface area contributed by atoms with E-state index in [9.17, 15) is 19.8 Å². The van der Waals surface area contributed by atoms with E-state index < -0.39 is 17.9 Å². The van der Waals surface area contributed by atoms with Gasteiger partial charge >= 0.3 is 103 Å². The summed E-state index contributed by atoms with van der Waals surface area (Å²) in [7, 11) is 0. The van der Waals surface area contributed by atoms with Crippen molar-refractivity contribution in [2.24, 2.45) is 11.3 Å². The molecule has 0 aliphatic heterocycles. The molecule has 0 heterocycles. The molecular formula is C12H20K2O4. The first-order valence-electron chi connectivity index (χ1n) is 5.66. The Morgan fingerprint density at radius 1 is 0.944 bits per heavy atom. The molecule has 0 aromatic heterocycles.